The van der Waals surface area contributed by atoms with Gasteiger partial charge in [0, 0.05) is 24.3 Å². The fraction of sp³-hybridized carbons (Fsp3) is 0.263. The number of likely N-dealkylation sites (N-methyl/N-ethyl adjacent to an activating group) is 1. The lowest BCUT2D eigenvalue weighted by Gasteiger charge is -2.18. The SMILES string of the molecule is CCN(CC)C(=O)Cc1ccc(NC(=O)c2ccc(O)cc2)cc1. The highest BCUT2D eigenvalue weighted by Crippen LogP contribution is 2.14. The van der Waals surface area contributed by atoms with E-state index in [9.17, 15) is 14.7 Å². The Hall–Kier alpha value is -2.82. The maximum atomic E-state index is 12.1. The molecule has 0 aromatic heterocycles. The first-order valence-electron chi connectivity index (χ1n) is 8.00. The largest absolute Gasteiger partial charge is 0.508 e. The molecule has 0 atom stereocenters. The Morgan fingerprint density at radius 1 is 0.958 bits per heavy atom. The standard InChI is InChI=1S/C19H22N2O3/c1-3-21(4-2)18(23)13-14-5-9-16(10-6-14)20-19(24)15-7-11-17(22)12-8-15/h5-12,22H,3-4,13H2,1-2H3,(H,20,24). The van der Waals surface area contributed by atoms with E-state index >= 15 is 0 Å². The second kappa shape index (κ2) is 8.15. The van der Waals surface area contributed by atoms with Gasteiger partial charge >= 0.3 is 0 Å². The van der Waals surface area contributed by atoms with Gasteiger partial charge < -0.3 is 15.3 Å². The summed E-state index contributed by atoms with van der Waals surface area (Å²) in [4.78, 5) is 26.0. The van der Waals surface area contributed by atoms with Crippen molar-refractivity contribution in [2.45, 2.75) is 20.3 Å². The van der Waals surface area contributed by atoms with E-state index in [1.54, 1.807) is 29.2 Å². The Bertz CT molecular complexity index is 690. The average molecular weight is 326 g/mol. The van der Waals surface area contributed by atoms with Crippen LogP contribution in [0, 0.1) is 0 Å². The maximum absolute atomic E-state index is 12.1. The van der Waals surface area contributed by atoms with Crippen molar-refractivity contribution in [2.24, 2.45) is 0 Å². The minimum Gasteiger partial charge on any atom is -0.508 e. The number of phenols is 1. The Kier molecular flexibility index (Phi) is 5.95. The number of carbonyl (C=O) groups is 2. The summed E-state index contributed by atoms with van der Waals surface area (Å²) in [5.41, 5.74) is 2.04. The summed E-state index contributed by atoms with van der Waals surface area (Å²) in [6.45, 7) is 5.33. The van der Waals surface area contributed by atoms with Crippen LogP contribution in [0.4, 0.5) is 5.69 Å². The van der Waals surface area contributed by atoms with Gasteiger partial charge in [-0.15, -0.1) is 0 Å². The zero-order chi connectivity index (χ0) is 17.5. The Morgan fingerprint density at radius 3 is 2.08 bits per heavy atom. The van der Waals surface area contributed by atoms with Crippen LogP contribution in [0.2, 0.25) is 0 Å². The Labute approximate surface area is 141 Å². The number of nitrogens with one attached hydrogen (secondary N) is 1. The molecule has 5 nitrogen and oxygen atoms in total. The summed E-state index contributed by atoms with van der Waals surface area (Å²) in [6, 6.07) is 13.3. The molecule has 0 aliphatic rings. The van der Waals surface area contributed by atoms with Crippen molar-refractivity contribution in [3.63, 3.8) is 0 Å². The minimum absolute atomic E-state index is 0.0980. The van der Waals surface area contributed by atoms with Crippen LogP contribution in [0.1, 0.15) is 29.8 Å². The first-order valence-corrected chi connectivity index (χ1v) is 8.00. The number of phenolic OH excluding ortho intramolecular Hbond substituents is 1. The van der Waals surface area contributed by atoms with Crippen LogP contribution in [0.5, 0.6) is 5.75 Å². The molecule has 0 aliphatic carbocycles. The monoisotopic (exact) mass is 326 g/mol. The van der Waals surface area contributed by atoms with Gasteiger partial charge in [0.25, 0.3) is 5.91 Å². The molecule has 24 heavy (non-hydrogen) atoms. The van der Waals surface area contributed by atoms with E-state index in [0.717, 1.165) is 5.56 Å². The van der Waals surface area contributed by atoms with E-state index in [-0.39, 0.29) is 17.6 Å². The summed E-state index contributed by atoms with van der Waals surface area (Å²) < 4.78 is 0. The van der Waals surface area contributed by atoms with E-state index in [4.69, 9.17) is 0 Å². The molecule has 0 spiro atoms. The van der Waals surface area contributed by atoms with E-state index in [1.165, 1.54) is 12.1 Å². The number of anilines is 1. The van der Waals surface area contributed by atoms with Crippen molar-refractivity contribution in [2.75, 3.05) is 18.4 Å². The molecule has 0 radical (unpaired) electrons. The van der Waals surface area contributed by atoms with E-state index in [0.29, 0.717) is 30.8 Å². The summed E-state index contributed by atoms with van der Waals surface area (Å²) in [7, 11) is 0. The van der Waals surface area contributed by atoms with Gasteiger partial charge in [-0.2, -0.15) is 0 Å². The lowest BCUT2D eigenvalue weighted by molar-refractivity contribution is -0.130. The quantitative estimate of drug-likeness (QED) is 0.857. The molecule has 0 saturated carbocycles. The van der Waals surface area contributed by atoms with Crippen LogP contribution in [0.25, 0.3) is 0 Å². The number of hydrogen-bond donors (Lipinski definition) is 2. The van der Waals surface area contributed by atoms with Crippen LogP contribution >= 0.6 is 0 Å². The fourth-order valence-electron chi connectivity index (χ4n) is 2.38. The average Bonchev–Trinajstić information content (AvgIpc) is 2.58. The lowest BCUT2D eigenvalue weighted by atomic mass is 10.1. The van der Waals surface area contributed by atoms with Gasteiger partial charge in [-0.05, 0) is 55.8 Å². The van der Waals surface area contributed by atoms with Gasteiger partial charge in [0.1, 0.15) is 5.75 Å². The first-order chi connectivity index (χ1) is 11.5. The number of carbonyl (C=O) groups excluding carboxylic acids is 2. The van der Waals surface area contributed by atoms with Crippen LogP contribution < -0.4 is 5.32 Å². The van der Waals surface area contributed by atoms with Crippen LogP contribution in [0.15, 0.2) is 48.5 Å². The molecule has 2 N–H and O–H groups in total. The van der Waals surface area contributed by atoms with E-state index in [2.05, 4.69) is 5.32 Å². The fourth-order valence-corrected chi connectivity index (χ4v) is 2.38. The first kappa shape index (κ1) is 17.5. The highest BCUT2D eigenvalue weighted by atomic mass is 16.3. The summed E-state index contributed by atoms with van der Waals surface area (Å²) in [5, 5.41) is 12.0. The third-order valence-electron chi connectivity index (χ3n) is 3.81. The molecule has 0 aliphatic heterocycles. The summed E-state index contributed by atoms with van der Waals surface area (Å²) in [6.07, 6.45) is 0.355. The van der Waals surface area contributed by atoms with Crippen LogP contribution in [0.3, 0.4) is 0 Å². The molecule has 2 rings (SSSR count). The zero-order valence-corrected chi connectivity index (χ0v) is 14.0. The predicted molar refractivity (Wildman–Crippen MR) is 94.1 cm³/mol. The number of hydrogen-bond acceptors (Lipinski definition) is 3. The third kappa shape index (κ3) is 4.59. The number of benzene rings is 2. The van der Waals surface area contributed by atoms with Gasteiger partial charge in [-0.25, -0.2) is 0 Å². The molecule has 2 aromatic carbocycles. The highest BCUT2D eigenvalue weighted by molar-refractivity contribution is 6.04. The van der Waals surface area contributed by atoms with Gasteiger partial charge in [-0.1, -0.05) is 12.1 Å². The van der Waals surface area contributed by atoms with Crippen molar-refractivity contribution in [1.82, 2.24) is 4.90 Å². The molecule has 0 fully saturated rings. The van der Waals surface area contributed by atoms with Crippen molar-refractivity contribution in [3.8, 4) is 5.75 Å². The van der Waals surface area contributed by atoms with Crippen LogP contribution in [-0.2, 0) is 11.2 Å². The lowest BCUT2D eigenvalue weighted by Crippen LogP contribution is -2.31. The zero-order valence-electron chi connectivity index (χ0n) is 14.0. The molecule has 0 saturated heterocycles. The topological polar surface area (TPSA) is 69.6 Å². The molecular formula is C19H22N2O3. The van der Waals surface area contributed by atoms with Gasteiger partial charge in [-0.3, -0.25) is 9.59 Å². The molecule has 0 heterocycles. The molecule has 0 unspecified atom stereocenters. The summed E-state index contributed by atoms with van der Waals surface area (Å²) in [5.74, 6) is -0.0309. The molecule has 2 aromatic rings. The number of aromatic hydroxyl groups is 1. The second-order valence-corrected chi connectivity index (χ2v) is 5.44. The number of nitrogens with zero attached hydrogens (tertiary/aromatic N) is 1. The normalized spacial score (nSPS) is 10.2. The number of amides is 2. The highest BCUT2D eigenvalue weighted by Gasteiger charge is 2.11. The van der Waals surface area contributed by atoms with Crippen molar-refractivity contribution < 1.29 is 14.7 Å². The van der Waals surface area contributed by atoms with Crippen LogP contribution in [-0.4, -0.2) is 34.9 Å². The van der Waals surface area contributed by atoms with Crippen molar-refractivity contribution in [3.05, 3.63) is 59.7 Å². The van der Waals surface area contributed by atoms with Gasteiger partial charge in [0.05, 0.1) is 6.42 Å². The van der Waals surface area contributed by atoms with Crippen molar-refractivity contribution in [1.29, 1.82) is 0 Å². The predicted octanol–water partition coefficient (Wildman–Crippen LogP) is 3.06. The Morgan fingerprint density at radius 2 is 1.54 bits per heavy atom. The molecule has 5 heteroatoms. The third-order valence-corrected chi connectivity index (χ3v) is 3.81. The Balaban J connectivity index is 1.98. The smallest absolute Gasteiger partial charge is 0.255 e. The molecule has 126 valence electrons. The van der Waals surface area contributed by atoms with Gasteiger partial charge in [0.15, 0.2) is 0 Å². The van der Waals surface area contributed by atoms with E-state index in [1.807, 2.05) is 26.0 Å². The maximum Gasteiger partial charge on any atom is 0.255 e. The molecule has 0 bridgehead atoms. The second-order valence-electron chi connectivity index (χ2n) is 5.44. The molecular weight excluding hydrogens is 304 g/mol. The summed E-state index contributed by atoms with van der Waals surface area (Å²) >= 11 is 0. The number of rotatable bonds is 6. The van der Waals surface area contributed by atoms with Gasteiger partial charge in [0.2, 0.25) is 5.91 Å². The molecule has 2 amide bonds. The van der Waals surface area contributed by atoms with Crippen molar-refractivity contribution >= 4 is 17.5 Å². The minimum atomic E-state index is -0.248. The van der Waals surface area contributed by atoms with E-state index < -0.39 is 0 Å².